The Kier molecular flexibility index (Phi) is 3.56. The lowest BCUT2D eigenvalue weighted by atomic mass is 10.1. The van der Waals surface area contributed by atoms with E-state index in [0.29, 0.717) is 0 Å². The molecule has 3 heteroatoms. The van der Waals surface area contributed by atoms with Gasteiger partial charge in [-0.3, -0.25) is 0 Å². The van der Waals surface area contributed by atoms with Crippen LogP contribution in [0.3, 0.4) is 0 Å². The summed E-state index contributed by atoms with van der Waals surface area (Å²) in [4.78, 5) is 0. The van der Waals surface area contributed by atoms with E-state index in [0.717, 1.165) is 15.1 Å². The van der Waals surface area contributed by atoms with Crippen molar-refractivity contribution in [3.8, 4) is 0 Å². The molecule has 1 nitrogen and oxygen atoms in total. The summed E-state index contributed by atoms with van der Waals surface area (Å²) in [6.07, 6.45) is 0. The normalized spacial score (nSPS) is 13.0. The van der Waals surface area contributed by atoms with Gasteiger partial charge < -0.3 is 5.32 Å². The van der Waals surface area contributed by atoms with Crippen molar-refractivity contribution in [1.29, 1.82) is 0 Å². The minimum absolute atomic E-state index is 0.287. The summed E-state index contributed by atoms with van der Waals surface area (Å²) in [6.45, 7) is 2.08. The molecule has 0 aliphatic heterocycles. The number of hydrogen-bond acceptors (Lipinski definition) is 1. The highest BCUT2D eigenvalue weighted by Gasteiger charge is 2.06. The second-order valence-electron chi connectivity index (χ2n) is 2.68. The van der Waals surface area contributed by atoms with Crippen LogP contribution in [0, 0.1) is 0 Å². The minimum atomic E-state index is 0.287. The molecule has 0 amide bonds. The SMILES string of the molecule is CN[C@H](C)c1cc(Br)ccc1Cl. The molecule has 0 saturated carbocycles. The lowest BCUT2D eigenvalue weighted by molar-refractivity contribution is 0.652. The largest absolute Gasteiger partial charge is 0.313 e. The summed E-state index contributed by atoms with van der Waals surface area (Å²) >= 11 is 9.42. The molecule has 0 aromatic heterocycles. The number of hydrogen-bond donors (Lipinski definition) is 1. The molecule has 0 heterocycles. The molecule has 12 heavy (non-hydrogen) atoms. The maximum atomic E-state index is 6.01. The molecule has 1 N–H and O–H groups in total. The Labute approximate surface area is 86.2 Å². The molecule has 0 saturated heterocycles. The molecule has 1 atom stereocenters. The number of rotatable bonds is 2. The first-order valence-electron chi connectivity index (χ1n) is 3.77. The van der Waals surface area contributed by atoms with E-state index in [1.807, 2.05) is 25.2 Å². The fourth-order valence-electron chi connectivity index (χ4n) is 1.00. The zero-order valence-electron chi connectivity index (χ0n) is 7.07. The smallest absolute Gasteiger partial charge is 0.0454 e. The van der Waals surface area contributed by atoms with Crippen LogP contribution in [0.5, 0.6) is 0 Å². The van der Waals surface area contributed by atoms with Gasteiger partial charge >= 0.3 is 0 Å². The first-order valence-corrected chi connectivity index (χ1v) is 4.94. The van der Waals surface area contributed by atoms with E-state index in [9.17, 15) is 0 Å². The van der Waals surface area contributed by atoms with Crippen molar-refractivity contribution in [2.75, 3.05) is 7.05 Å². The molecule has 0 spiro atoms. The maximum Gasteiger partial charge on any atom is 0.0454 e. The van der Waals surface area contributed by atoms with E-state index in [4.69, 9.17) is 11.6 Å². The van der Waals surface area contributed by atoms with Crippen LogP contribution in [-0.2, 0) is 0 Å². The van der Waals surface area contributed by atoms with Crippen LogP contribution in [0.2, 0.25) is 5.02 Å². The van der Waals surface area contributed by atoms with Crippen LogP contribution in [0.25, 0.3) is 0 Å². The van der Waals surface area contributed by atoms with Crippen molar-refractivity contribution < 1.29 is 0 Å². The van der Waals surface area contributed by atoms with Gasteiger partial charge in [0.2, 0.25) is 0 Å². The third-order valence-corrected chi connectivity index (χ3v) is 2.70. The van der Waals surface area contributed by atoms with Gasteiger partial charge in [-0.05, 0) is 37.7 Å². The molecule has 0 aliphatic rings. The Morgan fingerprint density at radius 2 is 2.17 bits per heavy atom. The minimum Gasteiger partial charge on any atom is -0.313 e. The highest BCUT2D eigenvalue weighted by atomic mass is 79.9. The monoisotopic (exact) mass is 247 g/mol. The van der Waals surface area contributed by atoms with Gasteiger partial charge in [-0.15, -0.1) is 0 Å². The van der Waals surface area contributed by atoms with Gasteiger partial charge in [0.1, 0.15) is 0 Å². The average molecular weight is 249 g/mol. The van der Waals surface area contributed by atoms with E-state index in [2.05, 4.69) is 28.2 Å². The number of halogens is 2. The van der Waals surface area contributed by atoms with E-state index >= 15 is 0 Å². The molecule has 0 bridgehead atoms. The molecule has 0 fully saturated rings. The van der Waals surface area contributed by atoms with Gasteiger partial charge in [0.05, 0.1) is 0 Å². The molecular weight excluding hydrogens is 237 g/mol. The second kappa shape index (κ2) is 4.26. The van der Waals surface area contributed by atoms with Gasteiger partial charge in [-0.2, -0.15) is 0 Å². The summed E-state index contributed by atoms with van der Waals surface area (Å²) in [5.74, 6) is 0. The summed E-state index contributed by atoms with van der Waals surface area (Å²) in [5.41, 5.74) is 1.12. The summed E-state index contributed by atoms with van der Waals surface area (Å²) in [5, 5.41) is 3.95. The number of benzene rings is 1. The van der Waals surface area contributed by atoms with Crippen LogP contribution in [0.15, 0.2) is 22.7 Å². The van der Waals surface area contributed by atoms with Crippen LogP contribution in [0.4, 0.5) is 0 Å². The predicted molar refractivity (Wildman–Crippen MR) is 56.6 cm³/mol. The van der Waals surface area contributed by atoms with Crippen LogP contribution in [0.1, 0.15) is 18.5 Å². The number of nitrogens with one attached hydrogen (secondary N) is 1. The van der Waals surface area contributed by atoms with Gasteiger partial charge in [0.25, 0.3) is 0 Å². The van der Waals surface area contributed by atoms with Crippen molar-refractivity contribution in [2.45, 2.75) is 13.0 Å². The third-order valence-electron chi connectivity index (χ3n) is 1.86. The summed E-state index contributed by atoms with van der Waals surface area (Å²) in [7, 11) is 1.92. The quantitative estimate of drug-likeness (QED) is 0.846. The Bertz CT molecular complexity index is 275. The Balaban J connectivity index is 3.04. The zero-order chi connectivity index (χ0) is 9.14. The predicted octanol–water partition coefficient (Wildman–Crippen LogP) is 3.38. The first kappa shape index (κ1) is 10.0. The molecule has 1 aromatic carbocycles. The van der Waals surface area contributed by atoms with Crippen LogP contribution in [-0.4, -0.2) is 7.05 Å². The zero-order valence-corrected chi connectivity index (χ0v) is 9.41. The Morgan fingerprint density at radius 3 is 2.75 bits per heavy atom. The molecule has 1 aromatic rings. The lowest BCUT2D eigenvalue weighted by Crippen LogP contribution is -2.12. The molecule has 1 rings (SSSR count). The van der Waals surface area contributed by atoms with Crippen molar-refractivity contribution in [3.05, 3.63) is 33.3 Å². The van der Waals surface area contributed by atoms with E-state index in [1.54, 1.807) is 0 Å². The average Bonchev–Trinajstić information content (AvgIpc) is 2.08. The first-order chi connectivity index (χ1) is 5.65. The molecule has 0 aliphatic carbocycles. The fraction of sp³-hybridized carbons (Fsp3) is 0.333. The van der Waals surface area contributed by atoms with Crippen molar-refractivity contribution in [2.24, 2.45) is 0 Å². The molecule has 0 radical (unpaired) electrons. The Hall–Kier alpha value is -0.0500. The molecular formula is C9H11BrClN. The lowest BCUT2D eigenvalue weighted by Gasteiger charge is -2.12. The fourth-order valence-corrected chi connectivity index (χ4v) is 1.66. The maximum absolute atomic E-state index is 6.01. The topological polar surface area (TPSA) is 12.0 Å². The van der Waals surface area contributed by atoms with Crippen molar-refractivity contribution >= 4 is 27.5 Å². The van der Waals surface area contributed by atoms with E-state index in [1.165, 1.54) is 0 Å². The van der Waals surface area contributed by atoms with Crippen LogP contribution < -0.4 is 5.32 Å². The second-order valence-corrected chi connectivity index (χ2v) is 4.00. The van der Waals surface area contributed by atoms with Gasteiger partial charge in [0, 0.05) is 15.5 Å². The van der Waals surface area contributed by atoms with Crippen molar-refractivity contribution in [3.63, 3.8) is 0 Å². The van der Waals surface area contributed by atoms with E-state index < -0.39 is 0 Å². The van der Waals surface area contributed by atoms with Crippen LogP contribution >= 0.6 is 27.5 Å². The van der Waals surface area contributed by atoms with Gasteiger partial charge in [-0.25, -0.2) is 0 Å². The van der Waals surface area contributed by atoms with Gasteiger partial charge in [0.15, 0.2) is 0 Å². The highest BCUT2D eigenvalue weighted by molar-refractivity contribution is 9.10. The Morgan fingerprint density at radius 1 is 1.50 bits per heavy atom. The van der Waals surface area contributed by atoms with Crippen molar-refractivity contribution in [1.82, 2.24) is 5.32 Å². The highest BCUT2D eigenvalue weighted by Crippen LogP contribution is 2.25. The summed E-state index contributed by atoms with van der Waals surface area (Å²) < 4.78 is 1.06. The van der Waals surface area contributed by atoms with Gasteiger partial charge in [-0.1, -0.05) is 27.5 Å². The molecule has 66 valence electrons. The summed E-state index contributed by atoms with van der Waals surface area (Å²) in [6, 6.07) is 6.15. The molecule has 0 unspecified atom stereocenters. The van der Waals surface area contributed by atoms with E-state index in [-0.39, 0.29) is 6.04 Å². The third kappa shape index (κ3) is 2.22. The standard InChI is InChI=1S/C9H11BrClN/c1-6(12-2)8-5-7(10)3-4-9(8)11/h3-6,12H,1-2H3/t6-/m1/s1.